The zero-order chi connectivity index (χ0) is 12.5. The van der Waals surface area contributed by atoms with Gasteiger partial charge in [0.2, 0.25) is 5.91 Å². The maximum Gasteiger partial charge on any atom is 0.227 e. The number of aliphatic hydroxyl groups is 1. The third-order valence-corrected chi connectivity index (χ3v) is 3.43. The van der Waals surface area contributed by atoms with Crippen LogP contribution in [0, 0.1) is 5.92 Å². The van der Waals surface area contributed by atoms with Crippen molar-refractivity contribution in [3.05, 3.63) is 30.1 Å². The predicted molar refractivity (Wildman–Crippen MR) is 64.3 cm³/mol. The van der Waals surface area contributed by atoms with Crippen LogP contribution < -0.4 is 0 Å². The van der Waals surface area contributed by atoms with Crippen LogP contribution in [-0.4, -0.2) is 39.6 Å². The van der Waals surface area contributed by atoms with E-state index in [1.54, 1.807) is 17.3 Å². The highest BCUT2D eigenvalue weighted by Gasteiger charge is 2.45. The van der Waals surface area contributed by atoms with Gasteiger partial charge in [0.1, 0.15) is 5.60 Å². The monoisotopic (exact) mass is 234 g/mol. The van der Waals surface area contributed by atoms with Crippen molar-refractivity contribution >= 4 is 5.91 Å². The van der Waals surface area contributed by atoms with Gasteiger partial charge in [-0.05, 0) is 17.5 Å². The van der Waals surface area contributed by atoms with E-state index in [-0.39, 0.29) is 11.8 Å². The Morgan fingerprint density at radius 2 is 2.29 bits per heavy atom. The summed E-state index contributed by atoms with van der Waals surface area (Å²) in [5.41, 5.74) is 0.224. The maximum absolute atomic E-state index is 11.9. The van der Waals surface area contributed by atoms with Crippen molar-refractivity contribution in [2.45, 2.75) is 25.9 Å². The number of pyridine rings is 1. The molecule has 0 atom stereocenters. The van der Waals surface area contributed by atoms with E-state index in [0.29, 0.717) is 19.5 Å². The quantitative estimate of drug-likeness (QED) is 0.843. The number of carbonyl (C=O) groups excluding carboxylic acids is 1. The van der Waals surface area contributed by atoms with Gasteiger partial charge in [0, 0.05) is 12.4 Å². The summed E-state index contributed by atoms with van der Waals surface area (Å²) in [6.45, 7) is 4.85. The molecule has 4 nitrogen and oxygen atoms in total. The molecule has 1 aliphatic heterocycles. The molecule has 0 unspecified atom stereocenters. The van der Waals surface area contributed by atoms with Crippen LogP contribution >= 0.6 is 0 Å². The van der Waals surface area contributed by atoms with Crippen LogP contribution in [0.1, 0.15) is 19.4 Å². The first kappa shape index (κ1) is 12.0. The molecule has 1 saturated heterocycles. The highest BCUT2D eigenvalue weighted by molar-refractivity contribution is 5.79. The van der Waals surface area contributed by atoms with Crippen molar-refractivity contribution < 1.29 is 9.90 Å². The summed E-state index contributed by atoms with van der Waals surface area (Å²) in [6.07, 6.45) is 3.75. The minimum absolute atomic E-state index is 0.0586. The number of rotatable bonds is 3. The molecule has 2 heterocycles. The van der Waals surface area contributed by atoms with E-state index in [0.717, 1.165) is 5.56 Å². The molecule has 4 heteroatoms. The fourth-order valence-corrected chi connectivity index (χ4v) is 1.95. The standard InChI is InChI=1S/C13H18N2O2/c1-10(2)13(17)8-15(9-13)12(16)6-11-4-3-5-14-7-11/h3-5,7,10,17H,6,8-9H2,1-2H3. The second-order valence-electron chi connectivity index (χ2n) is 5.05. The Bertz CT molecular complexity index is 397. The van der Waals surface area contributed by atoms with E-state index in [4.69, 9.17) is 0 Å². The van der Waals surface area contributed by atoms with E-state index in [2.05, 4.69) is 4.98 Å². The Morgan fingerprint density at radius 3 is 2.82 bits per heavy atom. The third-order valence-electron chi connectivity index (χ3n) is 3.43. The van der Waals surface area contributed by atoms with E-state index in [1.807, 2.05) is 26.0 Å². The lowest BCUT2D eigenvalue weighted by Crippen LogP contribution is -2.66. The first-order valence-electron chi connectivity index (χ1n) is 5.90. The molecule has 1 aromatic heterocycles. The van der Waals surface area contributed by atoms with Crippen LogP contribution in [-0.2, 0) is 11.2 Å². The first-order valence-corrected chi connectivity index (χ1v) is 5.90. The first-order chi connectivity index (χ1) is 8.01. The maximum atomic E-state index is 11.9. The fraction of sp³-hybridized carbons (Fsp3) is 0.538. The van der Waals surface area contributed by atoms with Crippen molar-refractivity contribution in [2.24, 2.45) is 5.92 Å². The molecule has 0 aromatic carbocycles. The number of aromatic nitrogens is 1. The molecule has 1 amide bonds. The van der Waals surface area contributed by atoms with Crippen molar-refractivity contribution in [3.8, 4) is 0 Å². The average molecular weight is 234 g/mol. The lowest BCUT2D eigenvalue weighted by atomic mass is 9.83. The van der Waals surface area contributed by atoms with Crippen LogP contribution in [0.4, 0.5) is 0 Å². The predicted octanol–water partition coefficient (Wildman–Crippen LogP) is 0.853. The number of β-amino-alcohol motifs (C(OH)–C–C–N with tert-alkyl or cyclic N) is 1. The number of hydrogen-bond acceptors (Lipinski definition) is 3. The molecule has 1 aromatic rings. The van der Waals surface area contributed by atoms with Gasteiger partial charge in [-0.2, -0.15) is 0 Å². The number of amides is 1. The van der Waals surface area contributed by atoms with Crippen LogP contribution in [0.15, 0.2) is 24.5 Å². The molecule has 1 fully saturated rings. The van der Waals surface area contributed by atoms with Crippen molar-refractivity contribution in [1.29, 1.82) is 0 Å². The molecule has 92 valence electrons. The van der Waals surface area contributed by atoms with Gasteiger partial charge in [-0.25, -0.2) is 0 Å². The molecule has 0 bridgehead atoms. The van der Waals surface area contributed by atoms with Crippen molar-refractivity contribution in [1.82, 2.24) is 9.88 Å². The Kier molecular flexibility index (Phi) is 3.15. The summed E-state index contributed by atoms with van der Waals surface area (Å²) in [5.74, 6) is 0.244. The molecule has 0 saturated carbocycles. The molecule has 0 aliphatic carbocycles. The van der Waals surface area contributed by atoms with Gasteiger partial charge in [-0.15, -0.1) is 0 Å². The van der Waals surface area contributed by atoms with Gasteiger partial charge < -0.3 is 10.0 Å². The zero-order valence-electron chi connectivity index (χ0n) is 10.3. The number of carbonyl (C=O) groups is 1. The van der Waals surface area contributed by atoms with Crippen LogP contribution in [0.2, 0.25) is 0 Å². The summed E-state index contributed by atoms with van der Waals surface area (Å²) >= 11 is 0. The molecule has 0 spiro atoms. The highest BCUT2D eigenvalue weighted by Crippen LogP contribution is 2.28. The van der Waals surface area contributed by atoms with E-state index < -0.39 is 5.60 Å². The summed E-state index contributed by atoms with van der Waals surface area (Å²) in [7, 11) is 0. The second kappa shape index (κ2) is 4.45. The largest absolute Gasteiger partial charge is 0.386 e. The molecular weight excluding hydrogens is 216 g/mol. The Balaban J connectivity index is 1.88. The Labute approximate surface area is 101 Å². The summed E-state index contributed by atoms with van der Waals surface area (Å²) < 4.78 is 0. The topological polar surface area (TPSA) is 53.4 Å². The zero-order valence-corrected chi connectivity index (χ0v) is 10.3. The van der Waals surface area contributed by atoms with Crippen LogP contribution in [0.5, 0.6) is 0 Å². The van der Waals surface area contributed by atoms with Crippen molar-refractivity contribution in [3.63, 3.8) is 0 Å². The van der Waals surface area contributed by atoms with Gasteiger partial charge >= 0.3 is 0 Å². The van der Waals surface area contributed by atoms with Crippen molar-refractivity contribution in [2.75, 3.05) is 13.1 Å². The smallest absolute Gasteiger partial charge is 0.227 e. The third kappa shape index (κ3) is 2.47. The number of likely N-dealkylation sites (tertiary alicyclic amines) is 1. The highest BCUT2D eigenvalue weighted by atomic mass is 16.3. The molecule has 17 heavy (non-hydrogen) atoms. The molecule has 1 aliphatic rings. The number of hydrogen-bond donors (Lipinski definition) is 1. The molecular formula is C13H18N2O2. The van der Waals surface area contributed by atoms with Gasteiger partial charge in [-0.3, -0.25) is 9.78 Å². The molecule has 0 radical (unpaired) electrons. The fourth-order valence-electron chi connectivity index (χ4n) is 1.95. The average Bonchev–Trinajstić information content (AvgIpc) is 2.25. The van der Waals surface area contributed by atoms with Gasteiger partial charge in [0.05, 0.1) is 19.5 Å². The molecule has 1 N–H and O–H groups in total. The summed E-state index contributed by atoms with van der Waals surface area (Å²) in [6, 6.07) is 3.71. The summed E-state index contributed by atoms with van der Waals surface area (Å²) in [5, 5.41) is 10.1. The minimum Gasteiger partial charge on any atom is -0.386 e. The van der Waals surface area contributed by atoms with Gasteiger partial charge in [0.25, 0.3) is 0 Å². The van der Waals surface area contributed by atoms with Crippen LogP contribution in [0.25, 0.3) is 0 Å². The number of nitrogens with zero attached hydrogens (tertiary/aromatic N) is 2. The normalized spacial score (nSPS) is 18.0. The summed E-state index contributed by atoms with van der Waals surface area (Å²) in [4.78, 5) is 17.6. The van der Waals surface area contributed by atoms with E-state index >= 15 is 0 Å². The SMILES string of the molecule is CC(C)C1(O)CN(C(=O)Cc2cccnc2)C1. The Morgan fingerprint density at radius 1 is 1.59 bits per heavy atom. The minimum atomic E-state index is -0.690. The van der Waals surface area contributed by atoms with E-state index in [1.165, 1.54) is 0 Å². The van der Waals surface area contributed by atoms with Gasteiger partial charge in [0.15, 0.2) is 0 Å². The van der Waals surface area contributed by atoms with Crippen LogP contribution in [0.3, 0.4) is 0 Å². The lowest BCUT2D eigenvalue weighted by molar-refractivity contribution is -0.163. The Hall–Kier alpha value is -1.42. The molecule has 2 rings (SSSR count). The van der Waals surface area contributed by atoms with E-state index in [9.17, 15) is 9.90 Å². The lowest BCUT2D eigenvalue weighted by Gasteiger charge is -2.49. The second-order valence-corrected chi connectivity index (χ2v) is 5.05. The van der Waals surface area contributed by atoms with Gasteiger partial charge in [-0.1, -0.05) is 19.9 Å².